The maximum absolute atomic E-state index is 13.8. The first kappa shape index (κ1) is 18.6. The van der Waals surface area contributed by atoms with Crippen molar-refractivity contribution in [1.29, 1.82) is 0 Å². The number of nitrogens with two attached hydrogens (primary N) is 1. The van der Waals surface area contributed by atoms with E-state index in [9.17, 15) is 13.6 Å². The van der Waals surface area contributed by atoms with E-state index in [1.807, 2.05) is 30.3 Å². The standard InChI is InChI=1S/C19H21F2N3O/c1-13(2)24(12-15-16(20)9-6-10-17(15)21)19(25)23-11-18(22)14-7-4-3-5-8-14/h3-10,18H,1,11-12,22H2,2H3,(H,23,25)/t18-/m0/s1. The first-order valence-electron chi connectivity index (χ1n) is 7.84. The molecule has 3 N–H and O–H groups in total. The molecule has 2 aromatic rings. The number of benzene rings is 2. The number of carbonyl (C=O) groups is 1. The van der Waals surface area contributed by atoms with Crippen LogP contribution in [0.25, 0.3) is 0 Å². The Hall–Kier alpha value is -2.73. The quantitative estimate of drug-likeness (QED) is 0.838. The lowest BCUT2D eigenvalue weighted by atomic mass is 10.1. The van der Waals surface area contributed by atoms with Gasteiger partial charge in [-0.2, -0.15) is 0 Å². The Morgan fingerprint density at radius 2 is 1.76 bits per heavy atom. The maximum Gasteiger partial charge on any atom is 0.321 e. The summed E-state index contributed by atoms with van der Waals surface area (Å²) in [5, 5.41) is 2.68. The molecule has 6 heteroatoms. The van der Waals surface area contributed by atoms with Gasteiger partial charge in [-0.15, -0.1) is 0 Å². The zero-order valence-corrected chi connectivity index (χ0v) is 14.0. The molecule has 2 amide bonds. The van der Waals surface area contributed by atoms with E-state index in [1.165, 1.54) is 11.0 Å². The highest BCUT2D eigenvalue weighted by molar-refractivity contribution is 5.76. The van der Waals surface area contributed by atoms with Gasteiger partial charge in [-0.05, 0) is 24.6 Å². The summed E-state index contributed by atoms with van der Waals surface area (Å²) in [5.74, 6) is -1.42. The lowest BCUT2D eigenvalue weighted by Crippen LogP contribution is -2.41. The molecule has 0 spiro atoms. The van der Waals surface area contributed by atoms with Crippen LogP contribution < -0.4 is 11.1 Å². The molecule has 25 heavy (non-hydrogen) atoms. The average Bonchev–Trinajstić information content (AvgIpc) is 2.59. The fraction of sp³-hybridized carbons (Fsp3) is 0.211. The van der Waals surface area contributed by atoms with Crippen LogP contribution in [0.4, 0.5) is 13.6 Å². The van der Waals surface area contributed by atoms with Gasteiger partial charge in [0, 0.05) is 23.8 Å². The molecule has 0 aliphatic heterocycles. The number of halogens is 2. The number of allylic oxidation sites excluding steroid dienone is 1. The number of hydrogen-bond acceptors (Lipinski definition) is 2. The Kier molecular flexibility index (Phi) is 6.25. The van der Waals surface area contributed by atoms with Crippen molar-refractivity contribution in [2.24, 2.45) is 5.73 Å². The third-order valence-corrected chi connectivity index (χ3v) is 3.78. The van der Waals surface area contributed by atoms with Gasteiger partial charge in [0.05, 0.1) is 6.54 Å². The molecule has 2 aromatic carbocycles. The van der Waals surface area contributed by atoms with Gasteiger partial charge < -0.3 is 11.1 Å². The summed E-state index contributed by atoms with van der Waals surface area (Å²) in [5.41, 5.74) is 7.11. The van der Waals surface area contributed by atoms with Crippen LogP contribution >= 0.6 is 0 Å². The molecule has 0 aliphatic rings. The van der Waals surface area contributed by atoms with Crippen LogP contribution in [0.5, 0.6) is 0 Å². The van der Waals surface area contributed by atoms with Gasteiger partial charge in [0.1, 0.15) is 11.6 Å². The zero-order valence-electron chi connectivity index (χ0n) is 14.0. The Bertz CT molecular complexity index is 729. The SMILES string of the molecule is C=C(C)N(Cc1c(F)cccc1F)C(=O)NC[C@H](N)c1ccccc1. The van der Waals surface area contributed by atoms with Crippen LogP contribution in [0.1, 0.15) is 24.1 Å². The molecule has 0 aromatic heterocycles. The van der Waals surface area contributed by atoms with E-state index < -0.39 is 17.7 Å². The number of hydrogen-bond donors (Lipinski definition) is 2. The van der Waals surface area contributed by atoms with E-state index in [-0.39, 0.29) is 24.7 Å². The first-order valence-corrected chi connectivity index (χ1v) is 7.84. The molecular weight excluding hydrogens is 324 g/mol. The number of nitrogens with zero attached hydrogens (tertiary/aromatic N) is 1. The van der Waals surface area contributed by atoms with E-state index in [0.717, 1.165) is 17.7 Å². The van der Waals surface area contributed by atoms with Crippen LogP contribution in [0.2, 0.25) is 0 Å². The third-order valence-electron chi connectivity index (χ3n) is 3.78. The second kappa shape index (κ2) is 8.39. The summed E-state index contributed by atoms with van der Waals surface area (Å²) >= 11 is 0. The molecule has 0 fully saturated rings. The van der Waals surface area contributed by atoms with E-state index in [4.69, 9.17) is 5.73 Å². The smallest absolute Gasteiger partial charge is 0.321 e. The Morgan fingerprint density at radius 1 is 1.16 bits per heavy atom. The van der Waals surface area contributed by atoms with E-state index in [0.29, 0.717) is 5.70 Å². The van der Waals surface area contributed by atoms with Crippen molar-refractivity contribution in [3.05, 3.63) is 83.6 Å². The van der Waals surface area contributed by atoms with Gasteiger partial charge in [-0.3, -0.25) is 4.90 Å². The zero-order chi connectivity index (χ0) is 18.4. The highest BCUT2D eigenvalue weighted by atomic mass is 19.1. The summed E-state index contributed by atoms with van der Waals surface area (Å²) < 4.78 is 27.6. The molecule has 0 unspecified atom stereocenters. The number of carbonyl (C=O) groups excluding carboxylic acids is 1. The Balaban J connectivity index is 2.05. The summed E-state index contributed by atoms with van der Waals surface area (Å²) in [6.45, 7) is 5.24. The minimum atomic E-state index is -0.708. The largest absolute Gasteiger partial charge is 0.336 e. The lowest BCUT2D eigenvalue weighted by molar-refractivity contribution is 0.207. The van der Waals surface area contributed by atoms with Crippen LogP contribution in [0, 0.1) is 11.6 Å². The van der Waals surface area contributed by atoms with E-state index >= 15 is 0 Å². The summed E-state index contributed by atoms with van der Waals surface area (Å²) in [7, 11) is 0. The van der Waals surface area contributed by atoms with Gasteiger partial charge >= 0.3 is 6.03 Å². The van der Waals surface area contributed by atoms with Crippen molar-refractivity contribution < 1.29 is 13.6 Å². The Labute approximate surface area is 145 Å². The molecule has 0 aliphatic carbocycles. The number of urea groups is 1. The van der Waals surface area contributed by atoms with Crippen molar-refractivity contribution in [2.45, 2.75) is 19.5 Å². The van der Waals surface area contributed by atoms with E-state index in [2.05, 4.69) is 11.9 Å². The number of rotatable bonds is 6. The van der Waals surface area contributed by atoms with Gasteiger partial charge in [0.2, 0.25) is 0 Å². The molecule has 0 heterocycles. The van der Waals surface area contributed by atoms with Crippen molar-refractivity contribution in [2.75, 3.05) is 6.54 Å². The van der Waals surface area contributed by atoms with Gasteiger partial charge in [-0.25, -0.2) is 13.6 Å². The van der Waals surface area contributed by atoms with Crippen LogP contribution in [0.15, 0.2) is 60.8 Å². The number of amides is 2. The average molecular weight is 345 g/mol. The summed E-state index contributed by atoms with van der Waals surface area (Å²) in [6.07, 6.45) is 0. The molecule has 0 saturated carbocycles. The third kappa shape index (κ3) is 4.87. The fourth-order valence-electron chi connectivity index (χ4n) is 2.33. The Morgan fingerprint density at radius 3 is 2.32 bits per heavy atom. The molecule has 0 saturated heterocycles. The molecular formula is C19H21F2N3O. The molecule has 1 atom stereocenters. The summed E-state index contributed by atoms with van der Waals surface area (Å²) in [4.78, 5) is 13.6. The lowest BCUT2D eigenvalue weighted by Gasteiger charge is -2.24. The molecule has 0 radical (unpaired) electrons. The fourth-order valence-corrected chi connectivity index (χ4v) is 2.33. The predicted molar refractivity (Wildman–Crippen MR) is 93.5 cm³/mol. The first-order chi connectivity index (χ1) is 11.9. The highest BCUT2D eigenvalue weighted by Gasteiger charge is 2.19. The predicted octanol–water partition coefficient (Wildman–Crippen LogP) is 3.71. The number of nitrogens with one attached hydrogen (secondary N) is 1. The van der Waals surface area contributed by atoms with Crippen LogP contribution in [-0.4, -0.2) is 17.5 Å². The molecule has 2 rings (SSSR count). The van der Waals surface area contributed by atoms with E-state index in [1.54, 1.807) is 6.92 Å². The monoisotopic (exact) mass is 345 g/mol. The highest BCUT2D eigenvalue weighted by Crippen LogP contribution is 2.17. The second-order valence-corrected chi connectivity index (χ2v) is 5.72. The second-order valence-electron chi connectivity index (χ2n) is 5.72. The minimum Gasteiger partial charge on any atom is -0.336 e. The van der Waals surface area contributed by atoms with Crippen LogP contribution in [-0.2, 0) is 6.54 Å². The topological polar surface area (TPSA) is 58.4 Å². The maximum atomic E-state index is 13.8. The van der Waals surface area contributed by atoms with Gasteiger partial charge in [0.15, 0.2) is 0 Å². The summed E-state index contributed by atoms with van der Waals surface area (Å²) in [6, 6.07) is 12.0. The van der Waals surface area contributed by atoms with Crippen molar-refractivity contribution >= 4 is 6.03 Å². The van der Waals surface area contributed by atoms with Crippen molar-refractivity contribution in [1.82, 2.24) is 10.2 Å². The minimum absolute atomic E-state index is 0.187. The van der Waals surface area contributed by atoms with Gasteiger partial charge in [-0.1, -0.05) is 43.0 Å². The molecule has 132 valence electrons. The van der Waals surface area contributed by atoms with Crippen LogP contribution in [0.3, 0.4) is 0 Å². The van der Waals surface area contributed by atoms with Gasteiger partial charge in [0.25, 0.3) is 0 Å². The van der Waals surface area contributed by atoms with Crippen molar-refractivity contribution in [3.8, 4) is 0 Å². The van der Waals surface area contributed by atoms with Crippen molar-refractivity contribution in [3.63, 3.8) is 0 Å². The normalized spacial score (nSPS) is 11.7. The molecule has 4 nitrogen and oxygen atoms in total. The molecule has 0 bridgehead atoms.